The van der Waals surface area contributed by atoms with Gasteiger partial charge in [0.05, 0.1) is 17.3 Å². The molecule has 1 aliphatic rings. The summed E-state index contributed by atoms with van der Waals surface area (Å²) in [6, 6.07) is 3.04. The van der Waals surface area contributed by atoms with Gasteiger partial charge in [0.25, 0.3) is 0 Å². The second-order valence-corrected chi connectivity index (χ2v) is 5.97. The molecule has 21 heavy (non-hydrogen) atoms. The van der Waals surface area contributed by atoms with Crippen LogP contribution in [0.2, 0.25) is 0 Å². The van der Waals surface area contributed by atoms with Gasteiger partial charge in [-0.05, 0) is 43.0 Å². The summed E-state index contributed by atoms with van der Waals surface area (Å²) in [7, 11) is 0. The lowest BCUT2D eigenvalue weighted by atomic mass is 9.77. The summed E-state index contributed by atoms with van der Waals surface area (Å²) in [6.45, 7) is 4.74. The smallest absolute Gasteiger partial charge is 0.335 e. The highest BCUT2D eigenvalue weighted by atomic mass is 19.1. The molecule has 1 atom stereocenters. The van der Waals surface area contributed by atoms with E-state index in [4.69, 9.17) is 5.11 Å². The Hall–Kier alpha value is -1.95. The maximum Gasteiger partial charge on any atom is 0.335 e. The van der Waals surface area contributed by atoms with Crippen molar-refractivity contribution in [1.29, 1.82) is 0 Å². The Kier molecular flexibility index (Phi) is 4.27. The molecule has 2 rings (SSSR count). The van der Waals surface area contributed by atoms with Gasteiger partial charge >= 0.3 is 5.97 Å². The number of carboxylic acid groups (broad SMARTS) is 1. The first-order valence-electron chi connectivity index (χ1n) is 6.88. The van der Waals surface area contributed by atoms with E-state index in [1.54, 1.807) is 0 Å². The molecule has 1 fully saturated rings. The van der Waals surface area contributed by atoms with Crippen LogP contribution in [0.25, 0.3) is 0 Å². The van der Waals surface area contributed by atoms with E-state index in [1.807, 2.05) is 13.8 Å². The maximum absolute atomic E-state index is 13.8. The number of hydrogen-bond donors (Lipinski definition) is 3. The van der Waals surface area contributed by atoms with E-state index >= 15 is 0 Å². The number of anilines is 1. The molecule has 1 aromatic rings. The first kappa shape index (κ1) is 15.4. The molecule has 5 nitrogen and oxygen atoms in total. The molecule has 1 amide bonds. The fourth-order valence-electron chi connectivity index (χ4n) is 2.61. The first-order valence-corrected chi connectivity index (χ1v) is 6.88. The fourth-order valence-corrected chi connectivity index (χ4v) is 2.61. The highest BCUT2D eigenvalue weighted by Gasteiger charge is 2.37. The van der Waals surface area contributed by atoms with Crippen molar-refractivity contribution in [3.8, 4) is 0 Å². The molecule has 0 spiro atoms. The van der Waals surface area contributed by atoms with E-state index in [9.17, 15) is 14.0 Å². The molecule has 114 valence electrons. The van der Waals surface area contributed by atoms with Crippen molar-refractivity contribution < 1.29 is 19.1 Å². The minimum atomic E-state index is -1.21. The molecular formula is C15H19FN2O3. The number of nitrogens with one attached hydrogen (secondary N) is 2. The fraction of sp³-hybridized carbons (Fsp3) is 0.467. The number of amides is 1. The third kappa shape index (κ3) is 3.39. The van der Waals surface area contributed by atoms with Gasteiger partial charge in [0, 0.05) is 0 Å². The zero-order valence-corrected chi connectivity index (χ0v) is 12.1. The van der Waals surface area contributed by atoms with E-state index < -0.39 is 17.8 Å². The van der Waals surface area contributed by atoms with Gasteiger partial charge in [0.1, 0.15) is 5.82 Å². The third-order valence-electron chi connectivity index (χ3n) is 3.86. The molecule has 3 N–H and O–H groups in total. The lowest BCUT2D eigenvalue weighted by Crippen LogP contribution is -2.53. The number of rotatable bonds is 3. The zero-order valence-electron chi connectivity index (χ0n) is 12.1. The van der Waals surface area contributed by atoms with Crippen molar-refractivity contribution in [2.45, 2.75) is 32.7 Å². The van der Waals surface area contributed by atoms with E-state index in [0.717, 1.165) is 25.5 Å². The van der Waals surface area contributed by atoms with Crippen molar-refractivity contribution in [2.75, 3.05) is 11.9 Å². The predicted molar refractivity (Wildman–Crippen MR) is 76.8 cm³/mol. The molecule has 0 saturated carbocycles. The lowest BCUT2D eigenvalue weighted by molar-refractivity contribution is -0.121. The number of piperidine rings is 1. The van der Waals surface area contributed by atoms with Crippen molar-refractivity contribution in [2.24, 2.45) is 5.41 Å². The summed E-state index contributed by atoms with van der Waals surface area (Å²) in [5.41, 5.74) is -0.366. The standard InChI is InChI=1S/C15H19FN2O3/c1-15(2)6-3-7-17-12(15)13(19)18-11-5-4-9(14(20)21)8-10(11)16/h4-5,8,12,17H,3,6-7H2,1-2H3,(H,18,19)(H,20,21). The number of benzene rings is 1. The van der Waals surface area contributed by atoms with Gasteiger partial charge in [-0.2, -0.15) is 0 Å². The Balaban J connectivity index is 2.14. The van der Waals surface area contributed by atoms with Gasteiger partial charge in [-0.25, -0.2) is 9.18 Å². The summed E-state index contributed by atoms with van der Waals surface area (Å²) in [5, 5.41) is 14.5. The number of carboxylic acids is 1. The van der Waals surface area contributed by atoms with Crippen LogP contribution in [-0.4, -0.2) is 29.6 Å². The van der Waals surface area contributed by atoms with Crippen LogP contribution >= 0.6 is 0 Å². The van der Waals surface area contributed by atoms with E-state index in [2.05, 4.69) is 10.6 Å². The van der Waals surface area contributed by atoms with Gasteiger partial charge in [0.2, 0.25) is 5.91 Å². The second kappa shape index (κ2) is 5.81. The van der Waals surface area contributed by atoms with E-state index in [-0.39, 0.29) is 22.6 Å². The molecule has 1 aromatic carbocycles. The Labute approximate surface area is 122 Å². The van der Waals surface area contributed by atoms with Crippen LogP contribution in [0.1, 0.15) is 37.0 Å². The monoisotopic (exact) mass is 294 g/mol. The Bertz CT molecular complexity index is 572. The third-order valence-corrected chi connectivity index (χ3v) is 3.86. The number of carbonyl (C=O) groups excluding carboxylic acids is 1. The minimum absolute atomic E-state index is 0.00632. The van der Waals surface area contributed by atoms with Gasteiger partial charge in [-0.1, -0.05) is 13.8 Å². The van der Waals surface area contributed by atoms with Crippen LogP contribution < -0.4 is 10.6 Å². The second-order valence-electron chi connectivity index (χ2n) is 5.97. The van der Waals surface area contributed by atoms with Gasteiger partial charge < -0.3 is 15.7 Å². The number of hydrogen-bond acceptors (Lipinski definition) is 3. The normalized spacial score (nSPS) is 20.8. The molecule has 0 radical (unpaired) electrons. The molecule has 1 aliphatic heterocycles. The van der Waals surface area contributed by atoms with Crippen LogP contribution in [0.5, 0.6) is 0 Å². The highest BCUT2D eigenvalue weighted by Crippen LogP contribution is 2.31. The summed E-state index contributed by atoms with van der Waals surface area (Å²) >= 11 is 0. The topological polar surface area (TPSA) is 78.4 Å². The summed E-state index contributed by atoms with van der Waals surface area (Å²) in [4.78, 5) is 23.1. The Morgan fingerprint density at radius 2 is 2.14 bits per heavy atom. The quantitative estimate of drug-likeness (QED) is 0.799. The van der Waals surface area contributed by atoms with Gasteiger partial charge in [-0.3, -0.25) is 4.79 Å². The minimum Gasteiger partial charge on any atom is -0.478 e. The van der Waals surface area contributed by atoms with Crippen molar-refractivity contribution in [3.05, 3.63) is 29.6 Å². The molecule has 1 saturated heterocycles. The Morgan fingerprint density at radius 1 is 1.43 bits per heavy atom. The highest BCUT2D eigenvalue weighted by molar-refractivity contribution is 5.96. The Morgan fingerprint density at radius 3 is 2.71 bits per heavy atom. The van der Waals surface area contributed by atoms with Crippen LogP contribution in [0, 0.1) is 11.2 Å². The largest absolute Gasteiger partial charge is 0.478 e. The van der Waals surface area contributed by atoms with Crippen LogP contribution in [0.15, 0.2) is 18.2 Å². The zero-order chi connectivity index (χ0) is 15.6. The molecule has 1 heterocycles. The maximum atomic E-state index is 13.8. The SMILES string of the molecule is CC1(C)CCCNC1C(=O)Nc1ccc(C(=O)O)cc1F. The molecule has 0 aliphatic carbocycles. The molecule has 1 unspecified atom stereocenters. The van der Waals surface area contributed by atoms with Gasteiger partial charge in [0.15, 0.2) is 0 Å². The molecule has 0 aromatic heterocycles. The van der Waals surface area contributed by atoms with Crippen LogP contribution in [0.4, 0.5) is 10.1 Å². The van der Waals surface area contributed by atoms with Crippen molar-refractivity contribution in [1.82, 2.24) is 5.32 Å². The number of carbonyl (C=O) groups is 2. The van der Waals surface area contributed by atoms with E-state index in [1.165, 1.54) is 12.1 Å². The molecule has 6 heteroatoms. The predicted octanol–water partition coefficient (Wildman–Crippen LogP) is 2.24. The average molecular weight is 294 g/mol. The number of aromatic carboxylic acids is 1. The van der Waals surface area contributed by atoms with Crippen molar-refractivity contribution >= 4 is 17.6 Å². The molecule has 0 bridgehead atoms. The summed E-state index contributed by atoms with van der Waals surface area (Å²) in [5.74, 6) is -2.26. The van der Waals surface area contributed by atoms with E-state index in [0.29, 0.717) is 0 Å². The average Bonchev–Trinajstić information content (AvgIpc) is 2.40. The van der Waals surface area contributed by atoms with Crippen LogP contribution in [-0.2, 0) is 4.79 Å². The summed E-state index contributed by atoms with van der Waals surface area (Å²) in [6.07, 6.45) is 1.91. The summed E-state index contributed by atoms with van der Waals surface area (Å²) < 4.78 is 13.8. The van der Waals surface area contributed by atoms with Gasteiger partial charge in [-0.15, -0.1) is 0 Å². The molecular weight excluding hydrogens is 275 g/mol. The van der Waals surface area contributed by atoms with Crippen LogP contribution in [0.3, 0.4) is 0 Å². The number of halogens is 1. The van der Waals surface area contributed by atoms with Crippen molar-refractivity contribution in [3.63, 3.8) is 0 Å². The lowest BCUT2D eigenvalue weighted by Gasteiger charge is -2.38. The first-order chi connectivity index (χ1) is 9.81.